The average molecular weight is 303 g/mol. The van der Waals surface area contributed by atoms with Crippen LogP contribution in [0.4, 0.5) is 5.69 Å². The van der Waals surface area contributed by atoms with E-state index in [2.05, 4.69) is 27.6 Å². The molecule has 7 heteroatoms. The Balaban J connectivity index is 1.81. The molecule has 1 aliphatic rings. The zero-order chi connectivity index (χ0) is 14.8. The monoisotopic (exact) mass is 303 g/mol. The maximum Gasteiger partial charge on any atom is 0.246 e. The molecule has 2 N–H and O–H groups in total. The van der Waals surface area contributed by atoms with Crippen LogP contribution in [-0.4, -0.2) is 27.2 Å². The zero-order valence-electron chi connectivity index (χ0n) is 12.0. The van der Waals surface area contributed by atoms with Crippen LogP contribution >= 0.6 is 11.8 Å². The van der Waals surface area contributed by atoms with Gasteiger partial charge in [-0.25, -0.2) is 9.67 Å². The Kier molecular flexibility index (Phi) is 3.94. The van der Waals surface area contributed by atoms with Crippen LogP contribution in [-0.2, 0) is 11.8 Å². The van der Waals surface area contributed by atoms with Gasteiger partial charge in [0.1, 0.15) is 12.4 Å². The second-order valence-electron chi connectivity index (χ2n) is 4.89. The van der Waals surface area contributed by atoms with E-state index in [9.17, 15) is 4.79 Å². The lowest BCUT2D eigenvalue weighted by atomic mass is 10.1. The molecule has 0 fully saturated rings. The molecule has 1 aliphatic heterocycles. The predicted molar refractivity (Wildman–Crippen MR) is 81.2 cm³/mol. The molecule has 2 heterocycles. The molecule has 0 radical (unpaired) electrons. The van der Waals surface area contributed by atoms with Gasteiger partial charge in [-0.05, 0) is 25.1 Å². The van der Waals surface area contributed by atoms with Crippen molar-refractivity contribution in [2.45, 2.75) is 29.4 Å². The summed E-state index contributed by atoms with van der Waals surface area (Å²) in [6.07, 6.45) is 2.53. The minimum absolute atomic E-state index is 0.0132. The number of carbonyl (C=O) groups excluding carboxylic acids is 1. The van der Waals surface area contributed by atoms with Crippen molar-refractivity contribution < 1.29 is 4.79 Å². The van der Waals surface area contributed by atoms with Crippen LogP contribution in [0.2, 0.25) is 0 Å². The summed E-state index contributed by atoms with van der Waals surface area (Å²) >= 11 is 1.52. The van der Waals surface area contributed by atoms with Crippen LogP contribution < -0.4 is 10.6 Å². The lowest BCUT2D eigenvalue weighted by Gasteiger charge is -2.10. The summed E-state index contributed by atoms with van der Waals surface area (Å²) in [5.41, 5.74) is 1.89. The number of amides is 1. The first-order valence-electron chi connectivity index (χ1n) is 6.89. The Morgan fingerprint density at radius 3 is 3.05 bits per heavy atom. The highest BCUT2D eigenvalue weighted by molar-refractivity contribution is 7.99. The maximum absolute atomic E-state index is 12.0. The third-order valence-corrected chi connectivity index (χ3v) is 4.38. The summed E-state index contributed by atoms with van der Waals surface area (Å²) in [7, 11) is 1.86. The third-order valence-electron chi connectivity index (χ3n) is 3.33. The standard InChI is InChI=1S/C14H17N5OS/c1-3-6-15-12-10-5-4-9(7-11(10)18-13(12)20)21-14-16-8-17-19(14)2/h4-5,7-8,12,15H,3,6H2,1-2H3,(H,18,20). The van der Waals surface area contributed by atoms with Gasteiger partial charge in [-0.3, -0.25) is 4.79 Å². The number of benzene rings is 1. The Morgan fingerprint density at radius 1 is 1.48 bits per heavy atom. The molecule has 110 valence electrons. The summed E-state index contributed by atoms with van der Waals surface area (Å²) in [6, 6.07) is 5.76. The fourth-order valence-electron chi connectivity index (χ4n) is 2.28. The van der Waals surface area contributed by atoms with E-state index in [1.807, 2.05) is 25.2 Å². The molecule has 1 atom stereocenters. The number of hydrogen-bond donors (Lipinski definition) is 2. The number of nitrogens with zero attached hydrogens (tertiary/aromatic N) is 3. The van der Waals surface area contributed by atoms with Gasteiger partial charge in [-0.1, -0.05) is 24.8 Å². The molecule has 3 rings (SSSR count). The van der Waals surface area contributed by atoms with Crippen LogP contribution in [0.15, 0.2) is 34.6 Å². The maximum atomic E-state index is 12.0. The van der Waals surface area contributed by atoms with Crippen LogP contribution in [0, 0.1) is 0 Å². The molecule has 0 saturated carbocycles. The van der Waals surface area contributed by atoms with Crippen molar-refractivity contribution in [1.82, 2.24) is 20.1 Å². The van der Waals surface area contributed by atoms with Gasteiger partial charge in [0.05, 0.1) is 0 Å². The Hall–Kier alpha value is -1.86. The number of hydrogen-bond acceptors (Lipinski definition) is 5. The van der Waals surface area contributed by atoms with Crippen molar-refractivity contribution in [1.29, 1.82) is 0 Å². The highest BCUT2D eigenvalue weighted by atomic mass is 32.2. The molecule has 0 aliphatic carbocycles. The van der Waals surface area contributed by atoms with Crippen LogP contribution in [0.3, 0.4) is 0 Å². The smallest absolute Gasteiger partial charge is 0.246 e. The van der Waals surface area contributed by atoms with Crippen molar-refractivity contribution in [3.05, 3.63) is 30.1 Å². The molecule has 2 aromatic rings. The minimum atomic E-state index is -0.242. The molecule has 1 aromatic heterocycles. The second kappa shape index (κ2) is 5.87. The molecular weight excluding hydrogens is 286 g/mol. The van der Waals surface area contributed by atoms with E-state index in [-0.39, 0.29) is 11.9 Å². The van der Waals surface area contributed by atoms with E-state index in [1.165, 1.54) is 18.1 Å². The van der Waals surface area contributed by atoms with Crippen molar-refractivity contribution in [3.63, 3.8) is 0 Å². The topological polar surface area (TPSA) is 71.8 Å². The Bertz CT molecular complexity index is 669. The predicted octanol–water partition coefficient (Wildman–Crippen LogP) is 1.96. The molecule has 1 amide bonds. The SMILES string of the molecule is CCCNC1C(=O)Nc2cc(Sc3ncnn3C)ccc21. The van der Waals surface area contributed by atoms with Crippen LogP contribution in [0.25, 0.3) is 0 Å². The number of rotatable bonds is 5. The first-order chi connectivity index (χ1) is 10.2. The van der Waals surface area contributed by atoms with Gasteiger partial charge < -0.3 is 10.6 Å². The van der Waals surface area contributed by atoms with Crippen molar-refractivity contribution in [3.8, 4) is 0 Å². The Labute approximate surface area is 127 Å². The summed E-state index contributed by atoms with van der Waals surface area (Å²) in [4.78, 5) is 17.2. The fourth-order valence-corrected chi connectivity index (χ4v) is 3.08. The average Bonchev–Trinajstić information content (AvgIpc) is 3.00. The number of aromatic nitrogens is 3. The summed E-state index contributed by atoms with van der Waals surface area (Å²) in [6.45, 7) is 2.91. The van der Waals surface area contributed by atoms with E-state index in [0.717, 1.165) is 34.3 Å². The first kappa shape index (κ1) is 14.1. The van der Waals surface area contributed by atoms with E-state index < -0.39 is 0 Å². The van der Waals surface area contributed by atoms with Crippen LogP contribution in [0.5, 0.6) is 0 Å². The summed E-state index contributed by atoms with van der Waals surface area (Å²) < 4.78 is 1.72. The summed E-state index contributed by atoms with van der Waals surface area (Å²) in [5.74, 6) is 0.0132. The largest absolute Gasteiger partial charge is 0.324 e. The quantitative estimate of drug-likeness (QED) is 0.883. The molecular formula is C14H17N5OS. The van der Waals surface area contributed by atoms with E-state index in [1.54, 1.807) is 4.68 Å². The molecule has 6 nitrogen and oxygen atoms in total. The number of carbonyl (C=O) groups is 1. The Morgan fingerprint density at radius 2 is 2.33 bits per heavy atom. The third kappa shape index (κ3) is 2.79. The van der Waals surface area contributed by atoms with Crippen molar-refractivity contribution >= 4 is 23.4 Å². The number of nitrogens with one attached hydrogen (secondary N) is 2. The number of aryl methyl sites for hydroxylation is 1. The molecule has 0 saturated heterocycles. The highest BCUT2D eigenvalue weighted by Gasteiger charge is 2.29. The minimum Gasteiger partial charge on any atom is -0.324 e. The van der Waals surface area contributed by atoms with Crippen molar-refractivity contribution in [2.24, 2.45) is 7.05 Å². The van der Waals surface area contributed by atoms with E-state index in [4.69, 9.17) is 0 Å². The van der Waals surface area contributed by atoms with Gasteiger partial charge in [0.2, 0.25) is 5.91 Å². The molecule has 0 bridgehead atoms. The second-order valence-corrected chi connectivity index (χ2v) is 5.93. The van der Waals surface area contributed by atoms with Gasteiger partial charge in [-0.15, -0.1) is 0 Å². The summed E-state index contributed by atoms with van der Waals surface area (Å²) in [5, 5.41) is 11.1. The first-order valence-corrected chi connectivity index (χ1v) is 7.70. The van der Waals surface area contributed by atoms with Crippen LogP contribution in [0.1, 0.15) is 24.9 Å². The lowest BCUT2D eigenvalue weighted by molar-refractivity contribution is -0.117. The molecule has 1 aromatic carbocycles. The highest BCUT2D eigenvalue weighted by Crippen LogP contribution is 2.35. The van der Waals surface area contributed by atoms with E-state index in [0.29, 0.717) is 0 Å². The van der Waals surface area contributed by atoms with E-state index >= 15 is 0 Å². The van der Waals surface area contributed by atoms with Gasteiger partial charge in [0.15, 0.2) is 5.16 Å². The molecule has 0 spiro atoms. The zero-order valence-corrected chi connectivity index (χ0v) is 12.8. The van der Waals surface area contributed by atoms with Gasteiger partial charge >= 0.3 is 0 Å². The van der Waals surface area contributed by atoms with Gasteiger partial charge in [0.25, 0.3) is 0 Å². The fraction of sp³-hybridized carbons (Fsp3) is 0.357. The van der Waals surface area contributed by atoms with Crippen molar-refractivity contribution in [2.75, 3.05) is 11.9 Å². The molecule has 21 heavy (non-hydrogen) atoms. The number of fused-ring (bicyclic) bond motifs is 1. The van der Waals surface area contributed by atoms with Gasteiger partial charge in [-0.2, -0.15) is 5.10 Å². The molecule has 1 unspecified atom stereocenters. The normalized spacial score (nSPS) is 16.9. The lowest BCUT2D eigenvalue weighted by Crippen LogP contribution is -2.27. The van der Waals surface area contributed by atoms with Gasteiger partial charge in [0, 0.05) is 23.2 Å². The number of anilines is 1.